The van der Waals surface area contributed by atoms with Crippen molar-refractivity contribution in [3.05, 3.63) is 180 Å². The molecule has 0 aliphatic heterocycles. The second kappa shape index (κ2) is 10.7. The molecule has 0 heteroatoms. The van der Waals surface area contributed by atoms with Gasteiger partial charge in [-0.2, -0.15) is 0 Å². The number of hydrogen-bond acceptors (Lipinski definition) is 0. The molecule has 1 aliphatic carbocycles. The van der Waals surface area contributed by atoms with Gasteiger partial charge >= 0.3 is 0 Å². The van der Waals surface area contributed by atoms with E-state index in [1.165, 1.54) is 88.0 Å². The molecule has 1 aliphatic rings. The van der Waals surface area contributed by atoms with Gasteiger partial charge in [0, 0.05) is 5.41 Å². The van der Waals surface area contributed by atoms with E-state index in [9.17, 15) is 0 Å². The average Bonchev–Trinajstić information content (AvgIpc) is 3.35. The summed E-state index contributed by atoms with van der Waals surface area (Å²) in [4.78, 5) is 0. The summed E-state index contributed by atoms with van der Waals surface area (Å²) in [6.07, 6.45) is 4.55. The van der Waals surface area contributed by atoms with E-state index in [-0.39, 0.29) is 5.41 Å². The fourth-order valence-electron chi connectivity index (χ4n) is 7.85. The lowest BCUT2D eigenvalue weighted by Gasteiger charge is -2.23. The second-order valence-corrected chi connectivity index (χ2v) is 13.3. The van der Waals surface area contributed by atoms with Crippen LogP contribution in [0.3, 0.4) is 0 Å². The number of benzene rings is 8. The van der Waals surface area contributed by atoms with Crippen molar-refractivity contribution in [1.29, 1.82) is 0 Å². The van der Waals surface area contributed by atoms with Gasteiger partial charge in [0.1, 0.15) is 0 Å². The number of rotatable bonds is 4. The van der Waals surface area contributed by atoms with Crippen LogP contribution < -0.4 is 0 Å². The quantitative estimate of drug-likeness (QED) is 0.140. The third kappa shape index (κ3) is 4.44. The molecule has 8 aromatic carbocycles. The molecule has 0 atom stereocenters. The van der Waals surface area contributed by atoms with Crippen molar-refractivity contribution in [2.45, 2.75) is 19.3 Å². The van der Waals surface area contributed by atoms with Crippen molar-refractivity contribution in [3.8, 4) is 33.4 Å². The SMILES string of the molecule is CC1(C)c2ccccc2-c2ccc(-c3c4ccccc4c(C=Cc4ccccc4)c4ccc(-c5ccc6ccccc6c5)cc34)cc21. The molecule has 47 heavy (non-hydrogen) atoms. The first-order valence-corrected chi connectivity index (χ1v) is 16.5. The van der Waals surface area contributed by atoms with Crippen LogP contribution in [0.25, 0.3) is 77.9 Å². The van der Waals surface area contributed by atoms with E-state index in [2.05, 4.69) is 184 Å². The molecule has 0 aromatic heterocycles. The molecule has 0 saturated heterocycles. The summed E-state index contributed by atoms with van der Waals surface area (Å²) in [6, 6.07) is 58.1. The van der Waals surface area contributed by atoms with Gasteiger partial charge in [0.25, 0.3) is 0 Å². The van der Waals surface area contributed by atoms with E-state index < -0.39 is 0 Å². The van der Waals surface area contributed by atoms with E-state index >= 15 is 0 Å². The third-order valence-corrected chi connectivity index (χ3v) is 10.3. The summed E-state index contributed by atoms with van der Waals surface area (Å²) in [6.45, 7) is 4.74. The predicted octanol–water partition coefficient (Wildman–Crippen LogP) is 13.0. The Hall–Kier alpha value is -5.72. The standard InChI is InChI=1S/C47H34/c1-47(2)44-19-11-10-17-40(44)41-27-24-36(30-45(41)47)46-42-18-9-8-16-37(42)38(25-20-31-12-4-3-5-13-31)39-26-23-35(29-43(39)46)34-22-21-32-14-6-7-15-33(32)28-34/h3-30H,1-2H3. The second-order valence-electron chi connectivity index (χ2n) is 13.3. The van der Waals surface area contributed by atoms with Crippen LogP contribution in [0, 0.1) is 0 Å². The molecular formula is C47H34. The van der Waals surface area contributed by atoms with Gasteiger partial charge in [-0.3, -0.25) is 0 Å². The highest BCUT2D eigenvalue weighted by Crippen LogP contribution is 2.51. The van der Waals surface area contributed by atoms with Gasteiger partial charge in [0.15, 0.2) is 0 Å². The van der Waals surface area contributed by atoms with Crippen molar-refractivity contribution in [2.24, 2.45) is 0 Å². The van der Waals surface area contributed by atoms with Crippen LogP contribution in [0.1, 0.15) is 36.1 Å². The van der Waals surface area contributed by atoms with Crippen LogP contribution in [0.4, 0.5) is 0 Å². The van der Waals surface area contributed by atoms with Crippen molar-refractivity contribution < 1.29 is 0 Å². The molecule has 0 unspecified atom stereocenters. The summed E-state index contributed by atoms with van der Waals surface area (Å²) < 4.78 is 0. The normalized spacial score (nSPS) is 13.4. The van der Waals surface area contributed by atoms with E-state index in [0.29, 0.717) is 0 Å². The molecule has 0 fully saturated rings. The molecule has 0 N–H and O–H groups in total. The third-order valence-electron chi connectivity index (χ3n) is 10.3. The number of hydrogen-bond donors (Lipinski definition) is 0. The van der Waals surface area contributed by atoms with Gasteiger partial charge in [0.05, 0.1) is 0 Å². The van der Waals surface area contributed by atoms with Crippen molar-refractivity contribution in [1.82, 2.24) is 0 Å². The molecule has 0 bridgehead atoms. The minimum Gasteiger partial charge on any atom is -0.0622 e. The first kappa shape index (κ1) is 27.6. The zero-order chi connectivity index (χ0) is 31.5. The van der Waals surface area contributed by atoms with Gasteiger partial charge < -0.3 is 0 Å². The minimum atomic E-state index is -0.0673. The first-order chi connectivity index (χ1) is 23.1. The Morgan fingerprint density at radius 1 is 0.404 bits per heavy atom. The first-order valence-electron chi connectivity index (χ1n) is 16.5. The van der Waals surface area contributed by atoms with Crippen molar-refractivity contribution in [3.63, 3.8) is 0 Å². The van der Waals surface area contributed by atoms with Crippen LogP contribution in [0.2, 0.25) is 0 Å². The number of fused-ring (bicyclic) bond motifs is 6. The Labute approximate surface area is 276 Å². The van der Waals surface area contributed by atoms with Crippen LogP contribution in [0.15, 0.2) is 158 Å². The Morgan fingerprint density at radius 2 is 1.04 bits per heavy atom. The highest BCUT2D eigenvalue weighted by Gasteiger charge is 2.35. The summed E-state index contributed by atoms with van der Waals surface area (Å²) in [5.74, 6) is 0. The van der Waals surface area contributed by atoms with Gasteiger partial charge in [-0.05, 0) is 106 Å². The zero-order valence-electron chi connectivity index (χ0n) is 26.7. The summed E-state index contributed by atoms with van der Waals surface area (Å²) >= 11 is 0. The molecule has 0 nitrogen and oxygen atoms in total. The lowest BCUT2D eigenvalue weighted by atomic mass is 9.80. The molecule has 222 valence electrons. The van der Waals surface area contributed by atoms with Crippen LogP contribution in [-0.4, -0.2) is 0 Å². The lowest BCUT2D eigenvalue weighted by Crippen LogP contribution is -2.14. The lowest BCUT2D eigenvalue weighted by molar-refractivity contribution is 0.660. The topological polar surface area (TPSA) is 0 Å². The van der Waals surface area contributed by atoms with Crippen molar-refractivity contribution in [2.75, 3.05) is 0 Å². The zero-order valence-corrected chi connectivity index (χ0v) is 26.7. The van der Waals surface area contributed by atoms with Crippen LogP contribution >= 0.6 is 0 Å². The maximum absolute atomic E-state index is 2.47. The molecular weight excluding hydrogens is 565 g/mol. The Bertz CT molecular complexity index is 2530. The summed E-state index contributed by atoms with van der Waals surface area (Å²) in [7, 11) is 0. The minimum absolute atomic E-state index is 0.0673. The van der Waals surface area contributed by atoms with Gasteiger partial charge in [-0.1, -0.05) is 166 Å². The Kier molecular flexibility index (Phi) is 6.27. The van der Waals surface area contributed by atoms with Crippen molar-refractivity contribution >= 4 is 44.5 Å². The smallest absolute Gasteiger partial charge is 0.0159 e. The molecule has 0 spiro atoms. The maximum Gasteiger partial charge on any atom is 0.0159 e. The monoisotopic (exact) mass is 598 g/mol. The molecule has 8 aromatic rings. The molecule has 0 amide bonds. The van der Waals surface area contributed by atoms with E-state index in [0.717, 1.165) is 0 Å². The fourth-order valence-corrected chi connectivity index (χ4v) is 7.85. The predicted molar refractivity (Wildman–Crippen MR) is 203 cm³/mol. The summed E-state index contributed by atoms with van der Waals surface area (Å²) in [5.41, 5.74) is 12.9. The maximum atomic E-state index is 2.47. The largest absolute Gasteiger partial charge is 0.0622 e. The van der Waals surface area contributed by atoms with Crippen LogP contribution in [0.5, 0.6) is 0 Å². The summed E-state index contributed by atoms with van der Waals surface area (Å²) in [5, 5.41) is 7.60. The molecule has 0 saturated carbocycles. The van der Waals surface area contributed by atoms with E-state index in [4.69, 9.17) is 0 Å². The van der Waals surface area contributed by atoms with Gasteiger partial charge in [-0.15, -0.1) is 0 Å². The Balaban J connectivity index is 1.33. The highest BCUT2D eigenvalue weighted by atomic mass is 14.4. The van der Waals surface area contributed by atoms with Gasteiger partial charge in [-0.25, -0.2) is 0 Å². The van der Waals surface area contributed by atoms with E-state index in [1.54, 1.807) is 0 Å². The Morgan fingerprint density at radius 3 is 1.91 bits per heavy atom. The molecule has 0 heterocycles. The van der Waals surface area contributed by atoms with Gasteiger partial charge in [0.2, 0.25) is 0 Å². The molecule has 0 radical (unpaired) electrons. The fraction of sp³-hybridized carbons (Fsp3) is 0.0638. The highest BCUT2D eigenvalue weighted by molar-refractivity contribution is 6.19. The average molecular weight is 599 g/mol. The van der Waals surface area contributed by atoms with E-state index in [1.807, 2.05) is 0 Å². The molecule has 9 rings (SSSR count). The van der Waals surface area contributed by atoms with Crippen LogP contribution in [-0.2, 0) is 5.41 Å².